The predicted octanol–water partition coefficient (Wildman–Crippen LogP) is -0.940. The van der Waals surface area contributed by atoms with Gasteiger partial charge in [-0.2, -0.15) is 0 Å². The Bertz CT molecular complexity index is 917. The molecule has 0 aromatic heterocycles. The standard InChI is InChI=1S/C21H20NO3PS.BrH/c1-27(24,25)22-21(23)17-26(18-11-5-2-6-12-18,19-13-7-3-8-14-19)20-15-9-4-10-16-20;/h2-16H,17H2,1H3;1H. The highest BCUT2D eigenvalue weighted by molar-refractivity contribution is 7.96. The molecule has 0 aliphatic rings. The van der Waals surface area contributed by atoms with Crippen LogP contribution >= 0.6 is 7.26 Å². The molecule has 3 rings (SSSR count). The highest BCUT2D eigenvalue weighted by Gasteiger charge is 2.47. The lowest BCUT2D eigenvalue weighted by molar-refractivity contribution is -0.116. The van der Waals surface area contributed by atoms with Crippen LogP contribution < -0.4 is 37.6 Å². The lowest BCUT2D eigenvalue weighted by atomic mass is 10.4. The Hall–Kier alpha value is -2.01. The Kier molecular flexibility index (Phi) is 7.53. The molecule has 1 N–H and O–H groups in total. The number of halogens is 1. The van der Waals surface area contributed by atoms with Crippen molar-refractivity contribution in [3.05, 3.63) is 91.0 Å². The van der Waals surface area contributed by atoms with Gasteiger partial charge in [-0.1, -0.05) is 54.6 Å². The van der Waals surface area contributed by atoms with Crippen molar-refractivity contribution in [1.29, 1.82) is 0 Å². The fourth-order valence-electron chi connectivity index (χ4n) is 3.22. The molecule has 0 radical (unpaired) electrons. The maximum atomic E-state index is 12.7. The van der Waals surface area contributed by atoms with E-state index in [4.69, 9.17) is 0 Å². The van der Waals surface area contributed by atoms with Crippen LogP contribution in [-0.2, 0) is 14.8 Å². The second kappa shape index (κ2) is 9.46. The topological polar surface area (TPSA) is 63.2 Å². The molecule has 4 nitrogen and oxygen atoms in total. The summed E-state index contributed by atoms with van der Waals surface area (Å²) in [6.45, 7) is 0. The number of nitrogens with one attached hydrogen (secondary N) is 1. The summed E-state index contributed by atoms with van der Waals surface area (Å²) in [5.41, 5.74) is 0. The Labute approximate surface area is 177 Å². The maximum Gasteiger partial charge on any atom is 0.272 e. The molecule has 146 valence electrons. The zero-order valence-electron chi connectivity index (χ0n) is 15.3. The highest BCUT2D eigenvalue weighted by atomic mass is 79.9. The van der Waals surface area contributed by atoms with Gasteiger partial charge in [0.15, 0.2) is 6.16 Å². The van der Waals surface area contributed by atoms with Crippen LogP contribution in [-0.4, -0.2) is 26.7 Å². The van der Waals surface area contributed by atoms with Gasteiger partial charge in [-0.3, -0.25) is 9.52 Å². The first-order valence-corrected chi connectivity index (χ1v) is 12.3. The zero-order valence-corrected chi connectivity index (χ0v) is 18.6. The number of sulfonamides is 1. The molecule has 3 aromatic carbocycles. The number of carbonyl (C=O) groups excluding carboxylic acids is 1. The molecule has 0 unspecified atom stereocenters. The molecule has 0 aliphatic carbocycles. The molecule has 0 saturated heterocycles. The Balaban J connectivity index is 0.00000280. The number of benzene rings is 3. The largest absolute Gasteiger partial charge is 1.00 e. The van der Waals surface area contributed by atoms with Crippen LogP contribution in [0.25, 0.3) is 0 Å². The number of hydrogen-bond donors (Lipinski definition) is 1. The average Bonchev–Trinajstić information content (AvgIpc) is 2.67. The number of hydrogen-bond acceptors (Lipinski definition) is 3. The second-order valence-electron chi connectivity index (χ2n) is 6.27. The SMILES string of the molecule is CS(=O)(=O)NC(=O)C[P+](c1ccccc1)(c1ccccc1)c1ccccc1.[Br-]. The summed E-state index contributed by atoms with van der Waals surface area (Å²) in [6.07, 6.45) is 1.08. The van der Waals surface area contributed by atoms with E-state index in [1.165, 1.54) is 0 Å². The molecule has 0 spiro atoms. The summed E-state index contributed by atoms with van der Waals surface area (Å²) in [5, 5.41) is 3.10. The molecule has 0 atom stereocenters. The monoisotopic (exact) mass is 477 g/mol. The summed E-state index contributed by atoms with van der Waals surface area (Å²) in [7, 11) is -6.00. The molecule has 0 heterocycles. The van der Waals surface area contributed by atoms with Crippen LogP contribution in [0.1, 0.15) is 0 Å². The van der Waals surface area contributed by atoms with Crippen LogP contribution in [0.2, 0.25) is 0 Å². The number of rotatable bonds is 6. The minimum atomic E-state index is -3.62. The molecule has 0 fully saturated rings. The predicted molar refractivity (Wildman–Crippen MR) is 113 cm³/mol. The lowest BCUT2D eigenvalue weighted by Gasteiger charge is -2.26. The van der Waals surface area contributed by atoms with Gasteiger partial charge in [-0.05, 0) is 36.4 Å². The van der Waals surface area contributed by atoms with Gasteiger partial charge in [0.25, 0.3) is 5.91 Å². The van der Waals surface area contributed by atoms with E-state index < -0.39 is 23.2 Å². The molecular formula is C21H21BrNO3PS. The smallest absolute Gasteiger partial charge is 0.272 e. The van der Waals surface area contributed by atoms with Crippen molar-refractivity contribution in [3.8, 4) is 0 Å². The van der Waals surface area contributed by atoms with E-state index in [1.54, 1.807) is 0 Å². The van der Waals surface area contributed by atoms with E-state index >= 15 is 0 Å². The molecule has 28 heavy (non-hydrogen) atoms. The van der Waals surface area contributed by atoms with Gasteiger partial charge < -0.3 is 17.0 Å². The molecule has 0 saturated carbocycles. The van der Waals surface area contributed by atoms with Gasteiger partial charge in [0, 0.05) is 0 Å². The van der Waals surface area contributed by atoms with Crippen molar-refractivity contribution in [2.24, 2.45) is 0 Å². The third-order valence-electron chi connectivity index (χ3n) is 4.27. The number of carbonyl (C=O) groups is 1. The number of amides is 1. The van der Waals surface area contributed by atoms with Crippen molar-refractivity contribution in [2.45, 2.75) is 0 Å². The van der Waals surface area contributed by atoms with Crippen molar-refractivity contribution < 1.29 is 30.2 Å². The molecular weight excluding hydrogens is 457 g/mol. The highest BCUT2D eigenvalue weighted by Crippen LogP contribution is 2.54. The van der Waals surface area contributed by atoms with E-state index in [-0.39, 0.29) is 23.1 Å². The van der Waals surface area contributed by atoms with E-state index in [0.717, 1.165) is 22.2 Å². The third kappa shape index (κ3) is 5.07. The van der Waals surface area contributed by atoms with E-state index in [1.807, 2.05) is 91.0 Å². The van der Waals surface area contributed by atoms with E-state index in [9.17, 15) is 13.2 Å². The van der Waals surface area contributed by atoms with Gasteiger partial charge in [0.05, 0.1) is 6.26 Å². The second-order valence-corrected chi connectivity index (χ2v) is 11.5. The Morgan fingerprint density at radius 2 is 1.07 bits per heavy atom. The third-order valence-corrected chi connectivity index (χ3v) is 9.17. The molecule has 0 aliphatic heterocycles. The van der Waals surface area contributed by atoms with Crippen LogP contribution in [0, 0.1) is 0 Å². The fourth-order valence-corrected chi connectivity index (χ4v) is 7.81. The minimum Gasteiger partial charge on any atom is -1.00 e. The zero-order chi connectivity index (χ0) is 19.3. The summed E-state index contributed by atoms with van der Waals surface area (Å²) in [5.74, 6) is -0.498. The lowest BCUT2D eigenvalue weighted by Crippen LogP contribution is -3.00. The van der Waals surface area contributed by atoms with Crippen molar-refractivity contribution in [2.75, 3.05) is 12.4 Å². The first kappa shape index (κ1) is 22.3. The quantitative estimate of drug-likeness (QED) is 0.466. The van der Waals surface area contributed by atoms with Crippen LogP contribution in [0.3, 0.4) is 0 Å². The van der Waals surface area contributed by atoms with Crippen LogP contribution in [0.4, 0.5) is 0 Å². The first-order valence-electron chi connectivity index (χ1n) is 8.47. The summed E-state index contributed by atoms with van der Waals surface area (Å²) >= 11 is 0. The van der Waals surface area contributed by atoms with Crippen molar-refractivity contribution in [1.82, 2.24) is 4.72 Å². The summed E-state index contributed by atoms with van der Waals surface area (Å²) in [4.78, 5) is 12.7. The molecule has 3 aromatic rings. The van der Waals surface area contributed by atoms with Crippen molar-refractivity contribution >= 4 is 39.1 Å². The van der Waals surface area contributed by atoms with E-state index in [0.29, 0.717) is 0 Å². The van der Waals surface area contributed by atoms with Crippen LogP contribution in [0.5, 0.6) is 0 Å². The summed E-state index contributed by atoms with van der Waals surface area (Å²) < 4.78 is 25.4. The fraction of sp³-hybridized carbons (Fsp3) is 0.0952. The van der Waals surface area contributed by atoms with Crippen molar-refractivity contribution in [3.63, 3.8) is 0 Å². The Morgan fingerprint density at radius 1 is 0.750 bits per heavy atom. The first-order chi connectivity index (χ1) is 12.9. The maximum absolute atomic E-state index is 12.7. The van der Waals surface area contributed by atoms with Gasteiger partial charge in [-0.25, -0.2) is 8.42 Å². The van der Waals surface area contributed by atoms with Crippen LogP contribution in [0.15, 0.2) is 91.0 Å². The summed E-state index contributed by atoms with van der Waals surface area (Å²) in [6, 6.07) is 29.6. The van der Waals surface area contributed by atoms with Gasteiger partial charge >= 0.3 is 0 Å². The minimum absolute atomic E-state index is 0. The Morgan fingerprint density at radius 3 is 1.36 bits per heavy atom. The van der Waals surface area contributed by atoms with Gasteiger partial charge in [0.2, 0.25) is 10.0 Å². The molecule has 0 bridgehead atoms. The normalized spacial score (nSPS) is 11.3. The molecule has 7 heteroatoms. The molecule has 1 amide bonds. The average molecular weight is 478 g/mol. The van der Waals surface area contributed by atoms with E-state index in [2.05, 4.69) is 4.72 Å². The van der Waals surface area contributed by atoms with Gasteiger partial charge in [-0.15, -0.1) is 0 Å². The van der Waals surface area contributed by atoms with Gasteiger partial charge in [0.1, 0.15) is 23.2 Å².